The SMILES string of the molecule is CC[C@@H](c1nnnn1CCOC)N(Cc1ccccc1OC)Cc1cc2c(C)ccc(C)c2[nH]c1=O. The lowest BCUT2D eigenvalue weighted by atomic mass is 10.0. The molecule has 2 aromatic carbocycles. The number of nitrogens with one attached hydrogen (secondary N) is 1. The Labute approximate surface area is 211 Å². The molecule has 0 radical (unpaired) electrons. The van der Waals surface area contributed by atoms with Crippen LogP contribution in [0.5, 0.6) is 5.75 Å². The van der Waals surface area contributed by atoms with Gasteiger partial charge >= 0.3 is 0 Å². The lowest BCUT2D eigenvalue weighted by Gasteiger charge is -2.30. The predicted molar refractivity (Wildman–Crippen MR) is 139 cm³/mol. The minimum Gasteiger partial charge on any atom is -0.496 e. The third-order valence-corrected chi connectivity index (χ3v) is 6.65. The molecule has 4 rings (SSSR count). The standard InChI is InChI=1S/C27H34N6O3/c1-6-23(26-29-30-31-33(26)13-14-35-4)32(16-20-9-7-8-10-24(20)36-5)17-21-15-22-18(2)11-12-19(3)25(22)28-27(21)34/h7-12,15,23H,6,13-14,16-17H2,1-5H3,(H,28,34)/t23-/m0/s1. The second kappa shape index (κ2) is 11.5. The summed E-state index contributed by atoms with van der Waals surface area (Å²) in [6, 6.07) is 14.0. The maximum atomic E-state index is 13.2. The molecule has 2 aromatic heterocycles. The Morgan fingerprint density at radius 2 is 1.81 bits per heavy atom. The van der Waals surface area contributed by atoms with Crippen molar-refractivity contribution in [3.8, 4) is 5.75 Å². The number of methoxy groups -OCH3 is 2. The molecule has 2 heterocycles. The van der Waals surface area contributed by atoms with Gasteiger partial charge in [0.2, 0.25) is 0 Å². The predicted octanol–water partition coefficient (Wildman–Crippen LogP) is 3.94. The summed E-state index contributed by atoms with van der Waals surface area (Å²) in [5, 5.41) is 13.6. The average Bonchev–Trinajstić information content (AvgIpc) is 3.34. The third-order valence-electron chi connectivity index (χ3n) is 6.65. The number of ether oxygens (including phenoxy) is 2. The highest BCUT2D eigenvalue weighted by Crippen LogP contribution is 2.29. The van der Waals surface area contributed by atoms with E-state index in [1.165, 1.54) is 0 Å². The van der Waals surface area contributed by atoms with Crippen LogP contribution in [0.1, 0.15) is 47.5 Å². The summed E-state index contributed by atoms with van der Waals surface area (Å²) in [7, 11) is 3.33. The van der Waals surface area contributed by atoms with Gasteiger partial charge in [-0.05, 0) is 54.0 Å². The largest absolute Gasteiger partial charge is 0.496 e. The van der Waals surface area contributed by atoms with Gasteiger partial charge in [0.1, 0.15) is 5.75 Å². The summed E-state index contributed by atoms with van der Waals surface area (Å²) in [6.07, 6.45) is 0.756. The van der Waals surface area contributed by atoms with E-state index in [0.29, 0.717) is 31.8 Å². The smallest absolute Gasteiger partial charge is 0.252 e. The zero-order chi connectivity index (χ0) is 25.7. The number of rotatable bonds is 11. The Balaban J connectivity index is 1.78. The van der Waals surface area contributed by atoms with Gasteiger partial charge in [0.05, 0.1) is 31.8 Å². The van der Waals surface area contributed by atoms with Crippen molar-refractivity contribution in [1.82, 2.24) is 30.1 Å². The summed E-state index contributed by atoms with van der Waals surface area (Å²) < 4.78 is 12.7. The van der Waals surface area contributed by atoms with E-state index in [0.717, 1.165) is 45.6 Å². The molecule has 0 bridgehead atoms. The van der Waals surface area contributed by atoms with Crippen LogP contribution in [0.25, 0.3) is 10.9 Å². The second-order valence-electron chi connectivity index (χ2n) is 9.01. The zero-order valence-corrected chi connectivity index (χ0v) is 21.6. The van der Waals surface area contributed by atoms with Crippen LogP contribution in [-0.2, 0) is 24.4 Å². The molecular weight excluding hydrogens is 456 g/mol. The van der Waals surface area contributed by atoms with E-state index in [-0.39, 0.29) is 11.6 Å². The van der Waals surface area contributed by atoms with Crippen molar-refractivity contribution in [2.24, 2.45) is 0 Å². The summed E-state index contributed by atoms with van der Waals surface area (Å²) in [5.41, 5.74) is 4.69. The van der Waals surface area contributed by atoms with E-state index >= 15 is 0 Å². The quantitative estimate of drug-likeness (QED) is 0.340. The topological polar surface area (TPSA) is 98.2 Å². The molecular formula is C27H34N6O3. The summed E-state index contributed by atoms with van der Waals surface area (Å²) in [4.78, 5) is 18.6. The highest BCUT2D eigenvalue weighted by Gasteiger charge is 2.27. The molecule has 36 heavy (non-hydrogen) atoms. The number of H-pyrrole nitrogens is 1. The number of benzene rings is 2. The molecule has 0 fully saturated rings. The van der Waals surface area contributed by atoms with Crippen molar-refractivity contribution in [3.63, 3.8) is 0 Å². The fourth-order valence-corrected chi connectivity index (χ4v) is 4.67. The Morgan fingerprint density at radius 1 is 1.06 bits per heavy atom. The molecule has 0 saturated carbocycles. The van der Waals surface area contributed by atoms with E-state index < -0.39 is 0 Å². The molecule has 0 spiro atoms. The van der Waals surface area contributed by atoms with Crippen LogP contribution in [0.3, 0.4) is 0 Å². The van der Waals surface area contributed by atoms with E-state index in [9.17, 15) is 4.79 Å². The lowest BCUT2D eigenvalue weighted by molar-refractivity contribution is 0.149. The first-order chi connectivity index (χ1) is 17.5. The molecule has 0 aliphatic rings. The number of aromatic amines is 1. The van der Waals surface area contributed by atoms with Crippen LogP contribution in [-0.4, -0.2) is 50.9 Å². The van der Waals surface area contributed by atoms with Crippen molar-refractivity contribution in [2.45, 2.75) is 52.9 Å². The third kappa shape index (κ3) is 5.32. The van der Waals surface area contributed by atoms with E-state index in [2.05, 4.69) is 45.3 Å². The molecule has 1 N–H and O–H groups in total. The van der Waals surface area contributed by atoms with Crippen LogP contribution < -0.4 is 10.3 Å². The van der Waals surface area contributed by atoms with Crippen LogP contribution in [0.4, 0.5) is 0 Å². The van der Waals surface area contributed by atoms with Crippen LogP contribution in [0.15, 0.2) is 47.3 Å². The Bertz CT molecular complexity index is 1380. The van der Waals surface area contributed by atoms with Crippen molar-refractivity contribution in [1.29, 1.82) is 0 Å². The highest BCUT2D eigenvalue weighted by molar-refractivity contribution is 5.85. The van der Waals surface area contributed by atoms with Crippen molar-refractivity contribution >= 4 is 10.9 Å². The van der Waals surface area contributed by atoms with Crippen molar-refractivity contribution in [2.75, 3.05) is 20.8 Å². The van der Waals surface area contributed by atoms with Crippen LogP contribution in [0.2, 0.25) is 0 Å². The molecule has 0 aliphatic carbocycles. The average molecular weight is 491 g/mol. The van der Waals surface area contributed by atoms with Gasteiger partial charge in [-0.15, -0.1) is 5.10 Å². The monoisotopic (exact) mass is 490 g/mol. The molecule has 0 saturated heterocycles. The van der Waals surface area contributed by atoms with Crippen LogP contribution >= 0.6 is 0 Å². The van der Waals surface area contributed by atoms with Gasteiger partial charge in [0.25, 0.3) is 5.56 Å². The summed E-state index contributed by atoms with van der Waals surface area (Å²) in [6.45, 7) is 8.22. The molecule has 190 valence electrons. The number of aromatic nitrogens is 5. The number of tetrazole rings is 1. The van der Waals surface area contributed by atoms with Crippen LogP contribution in [0, 0.1) is 13.8 Å². The fourth-order valence-electron chi connectivity index (χ4n) is 4.67. The minimum absolute atomic E-state index is 0.0879. The number of fused-ring (bicyclic) bond motifs is 1. The fraction of sp³-hybridized carbons (Fsp3) is 0.407. The first kappa shape index (κ1) is 25.5. The Morgan fingerprint density at radius 3 is 2.56 bits per heavy atom. The molecule has 1 atom stereocenters. The maximum absolute atomic E-state index is 13.2. The molecule has 9 heteroatoms. The molecule has 9 nitrogen and oxygen atoms in total. The lowest BCUT2D eigenvalue weighted by Crippen LogP contribution is -2.32. The zero-order valence-electron chi connectivity index (χ0n) is 21.6. The summed E-state index contributed by atoms with van der Waals surface area (Å²) in [5.74, 6) is 1.55. The van der Waals surface area contributed by atoms with Gasteiger partial charge in [0.15, 0.2) is 5.82 Å². The van der Waals surface area contributed by atoms with E-state index in [1.54, 1.807) is 18.9 Å². The van der Waals surface area contributed by atoms with Gasteiger partial charge in [-0.2, -0.15) is 0 Å². The maximum Gasteiger partial charge on any atom is 0.252 e. The van der Waals surface area contributed by atoms with Gasteiger partial charge in [-0.3, -0.25) is 9.69 Å². The normalized spacial score (nSPS) is 12.4. The molecule has 0 unspecified atom stereocenters. The van der Waals surface area contributed by atoms with E-state index in [4.69, 9.17) is 9.47 Å². The minimum atomic E-state index is -0.129. The number of hydrogen-bond acceptors (Lipinski definition) is 7. The first-order valence-corrected chi connectivity index (χ1v) is 12.2. The summed E-state index contributed by atoms with van der Waals surface area (Å²) >= 11 is 0. The number of nitrogens with zero attached hydrogens (tertiary/aromatic N) is 5. The van der Waals surface area contributed by atoms with Crippen molar-refractivity contribution in [3.05, 3.63) is 80.9 Å². The van der Waals surface area contributed by atoms with E-state index in [1.807, 2.05) is 43.3 Å². The van der Waals surface area contributed by atoms with Gasteiger partial charge in [0, 0.05) is 36.7 Å². The highest BCUT2D eigenvalue weighted by atomic mass is 16.5. The number of pyridine rings is 1. The molecule has 0 aliphatic heterocycles. The number of aryl methyl sites for hydroxylation is 2. The van der Waals surface area contributed by atoms with Crippen molar-refractivity contribution < 1.29 is 9.47 Å². The molecule has 0 amide bonds. The van der Waals surface area contributed by atoms with Gasteiger partial charge in [-0.25, -0.2) is 4.68 Å². The van der Waals surface area contributed by atoms with Gasteiger partial charge in [-0.1, -0.05) is 37.3 Å². The number of para-hydroxylation sites is 1. The Kier molecular flexibility index (Phi) is 8.12. The first-order valence-electron chi connectivity index (χ1n) is 12.2. The Hall–Kier alpha value is -3.56. The number of hydrogen-bond donors (Lipinski definition) is 1. The molecule has 4 aromatic rings. The second-order valence-corrected chi connectivity index (χ2v) is 9.01. The van der Waals surface area contributed by atoms with Gasteiger partial charge < -0.3 is 14.5 Å².